The van der Waals surface area contributed by atoms with Crippen molar-refractivity contribution in [1.29, 1.82) is 5.26 Å². The Labute approximate surface area is 142 Å². The van der Waals surface area contributed by atoms with Crippen molar-refractivity contribution in [2.75, 3.05) is 12.8 Å². The van der Waals surface area contributed by atoms with Gasteiger partial charge in [-0.05, 0) is 12.1 Å². The summed E-state index contributed by atoms with van der Waals surface area (Å²) in [5.41, 5.74) is 4.67. The normalized spacial score (nSPS) is 14.6. The summed E-state index contributed by atoms with van der Waals surface area (Å²) < 4.78 is 70.1. The van der Waals surface area contributed by atoms with Crippen LogP contribution in [0.25, 0.3) is 5.69 Å². The van der Waals surface area contributed by atoms with Gasteiger partial charge in [0.2, 0.25) is 5.88 Å². The zero-order valence-electron chi connectivity index (χ0n) is 11.5. The standard InChI is InChI=1S/C11H7Cl2F5N4OS/c1-23-11-9(20)8(4-19)21-22(11)10-6(12)2-5(3-7(10)13)24(14,15,16,17)18/h2-3H,20H2,1H3. The zero-order valence-corrected chi connectivity index (χ0v) is 13.9. The average molecular weight is 409 g/mol. The van der Waals surface area contributed by atoms with Gasteiger partial charge in [-0.15, -0.1) is 0 Å². The van der Waals surface area contributed by atoms with Crippen LogP contribution >= 0.6 is 33.4 Å². The summed E-state index contributed by atoms with van der Waals surface area (Å²) in [5.74, 6) is -0.240. The van der Waals surface area contributed by atoms with Crippen LogP contribution < -0.4 is 10.5 Å². The van der Waals surface area contributed by atoms with Gasteiger partial charge in [-0.2, -0.15) is 15.0 Å². The molecular formula is C11H7Cl2F5N4OS. The summed E-state index contributed by atoms with van der Waals surface area (Å²) in [6.07, 6.45) is 0. The van der Waals surface area contributed by atoms with Crippen molar-refractivity contribution in [3.05, 3.63) is 27.9 Å². The van der Waals surface area contributed by atoms with E-state index in [-0.39, 0.29) is 29.4 Å². The fourth-order valence-corrected chi connectivity index (χ4v) is 3.27. The Bertz CT molecular complexity index is 868. The van der Waals surface area contributed by atoms with E-state index in [0.29, 0.717) is 0 Å². The predicted molar refractivity (Wildman–Crippen MR) is 80.7 cm³/mol. The third kappa shape index (κ3) is 3.17. The lowest BCUT2D eigenvalue weighted by Crippen LogP contribution is -2.08. The maximum absolute atomic E-state index is 12.9. The maximum atomic E-state index is 12.9. The van der Waals surface area contributed by atoms with Crippen molar-refractivity contribution in [3.63, 3.8) is 0 Å². The monoisotopic (exact) mass is 408 g/mol. The molecule has 0 amide bonds. The molecule has 2 aromatic rings. The van der Waals surface area contributed by atoms with Gasteiger partial charge in [0.1, 0.15) is 22.3 Å². The molecule has 1 aromatic heterocycles. The van der Waals surface area contributed by atoms with Crippen LogP contribution in [0.5, 0.6) is 5.88 Å². The molecule has 2 rings (SSSR count). The Morgan fingerprint density at radius 3 is 2.08 bits per heavy atom. The van der Waals surface area contributed by atoms with E-state index in [9.17, 15) is 19.4 Å². The molecule has 2 N–H and O–H groups in total. The van der Waals surface area contributed by atoms with Crippen LogP contribution in [-0.2, 0) is 0 Å². The summed E-state index contributed by atoms with van der Waals surface area (Å²) in [6, 6.07) is 1.67. The molecule has 0 aliphatic rings. The Morgan fingerprint density at radius 2 is 1.71 bits per heavy atom. The molecule has 5 nitrogen and oxygen atoms in total. The summed E-state index contributed by atoms with van der Waals surface area (Å²) in [5, 5.41) is 11.0. The fourth-order valence-electron chi connectivity index (χ4n) is 1.81. The van der Waals surface area contributed by atoms with Gasteiger partial charge in [-0.25, -0.2) is 0 Å². The molecule has 24 heavy (non-hydrogen) atoms. The van der Waals surface area contributed by atoms with Gasteiger partial charge >= 0.3 is 10.2 Å². The van der Waals surface area contributed by atoms with E-state index in [4.69, 9.17) is 38.9 Å². The fraction of sp³-hybridized carbons (Fsp3) is 0.0909. The highest BCUT2D eigenvalue weighted by Crippen LogP contribution is 3.02. The summed E-state index contributed by atoms with van der Waals surface area (Å²) in [7, 11) is -8.83. The van der Waals surface area contributed by atoms with Gasteiger partial charge in [0, 0.05) is 0 Å². The Morgan fingerprint density at radius 1 is 1.21 bits per heavy atom. The average Bonchev–Trinajstić information content (AvgIpc) is 2.71. The number of nitriles is 1. The largest absolute Gasteiger partial charge is 0.479 e. The molecule has 0 radical (unpaired) electrons. The lowest BCUT2D eigenvalue weighted by atomic mass is 10.3. The highest BCUT2D eigenvalue weighted by atomic mass is 35.5. The number of aromatic nitrogens is 2. The minimum atomic E-state index is -9.97. The van der Waals surface area contributed by atoms with Crippen LogP contribution in [0.15, 0.2) is 17.0 Å². The first kappa shape index (κ1) is 18.4. The smallest absolute Gasteiger partial charge is 0.310 e. The minimum absolute atomic E-state index is 0.0215. The molecule has 0 fully saturated rings. The number of hydrogen-bond donors (Lipinski definition) is 1. The van der Waals surface area contributed by atoms with E-state index < -0.39 is 30.9 Å². The first-order valence-electron chi connectivity index (χ1n) is 5.75. The zero-order chi connectivity index (χ0) is 18.6. The number of nitrogen functional groups attached to an aromatic ring is 1. The SMILES string of the molecule is COc1c(N)c(C#N)nn1-c1c(Cl)cc(S(F)(F)(F)(F)F)cc1Cl. The van der Waals surface area contributed by atoms with E-state index in [2.05, 4.69) is 5.10 Å². The van der Waals surface area contributed by atoms with Gasteiger partial charge in [-0.3, -0.25) is 0 Å². The highest BCUT2D eigenvalue weighted by Gasteiger charge is 2.65. The topological polar surface area (TPSA) is 76.9 Å². The molecule has 0 aliphatic carbocycles. The van der Waals surface area contributed by atoms with E-state index in [1.807, 2.05) is 0 Å². The number of benzene rings is 1. The first-order chi connectivity index (χ1) is 10.7. The van der Waals surface area contributed by atoms with Gasteiger partial charge < -0.3 is 10.5 Å². The van der Waals surface area contributed by atoms with Crippen LogP contribution in [0.4, 0.5) is 25.1 Å². The van der Waals surface area contributed by atoms with Crippen LogP contribution in [-0.4, -0.2) is 16.9 Å². The van der Waals surface area contributed by atoms with Crippen molar-refractivity contribution >= 4 is 39.1 Å². The van der Waals surface area contributed by atoms with Gasteiger partial charge in [0.05, 0.1) is 17.2 Å². The van der Waals surface area contributed by atoms with E-state index in [1.165, 1.54) is 0 Å². The number of halogens is 7. The second kappa shape index (κ2) is 4.81. The molecule has 1 aromatic carbocycles. The van der Waals surface area contributed by atoms with Crippen LogP contribution in [0.1, 0.15) is 5.69 Å². The van der Waals surface area contributed by atoms with Gasteiger partial charge in [0.15, 0.2) is 5.69 Å². The highest BCUT2D eigenvalue weighted by molar-refractivity contribution is 8.45. The number of nitrogens with zero attached hydrogens (tertiary/aromatic N) is 3. The number of rotatable bonds is 3. The minimum Gasteiger partial charge on any atom is -0.479 e. The second-order valence-corrected chi connectivity index (χ2v) is 7.72. The third-order valence-corrected chi connectivity index (χ3v) is 4.53. The molecule has 0 atom stereocenters. The van der Waals surface area contributed by atoms with Crippen molar-refractivity contribution in [3.8, 4) is 17.6 Å². The Hall–Kier alpha value is -1.90. The number of nitrogens with two attached hydrogens (primary N) is 1. The molecule has 0 aliphatic heterocycles. The molecule has 0 bridgehead atoms. The number of ether oxygens (including phenoxy) is 1. The van der Waals surface area contributed by atoms with Crippen molar-refractivity contribution in [2.45, 2.75) is 4.90 Å². The van der Waals surface area contributed by atoms with Crippen molar-refractivity contribution in [2.24, 2.45) is 0 Å². The quantitative estimate of drug-likeness (QED) is 0.699. The summed E-state index contributed by atoms with van der Waals surface area (Å²) in [4.78, 5) is -2.26. The van der Waals surface area contributed by atoms with E-state index in [0.717, 1.165) is 11.8 Å². The molecule has 132 valence electrons. The molecule has 0 spiro atoms. The number of hydrogen-bond acceptors (Lipinski definition) is 4. The molecule has 0 saturated heterocycles. The molecule has 0 unspecified atom stereocenters. The van der Waals surface area contributed by atoms with Gasteiger partial charge in [-0.1, -0.05) is 42.6 Å². The van der Waals surface area contributed by atoms with Crippen molar-refractivity contribution < 1.29 is 24.2 Å². The maximum Gasteiger partial charge on any atom is 0.310 e. The molecule has 0 saturated carbocycles. The van der Waals surface area contributed by atoms with E-state index >= 15 is 0 Å². The lowest BCUT2D eigenvalue weighted by molar-refractivity contribution is 0.364. The predicted octanol–water partition coefficient (Wildman–Crippen LogP) is 5.30. The molecular weight excluding hydrogens is 402 g/mol. The lowest BCUT2D eigenvalue weighted by Gasteiger charge is -2.40. The molecule has 13 heteroatoms. The van der Waals surface area contributed by atoms with Crippen LogP contribution in [0, 0.1) is 11.3 Å². The number of anilines is 1. The molecule has 1 heterocycles. The van der Waals surface area contributed by atoms with Crippen LogP contribution in [0.2, 0.25) is 10.0 Å². The Balaban J connectivity index is 2.80. The van der Waals surface area contributed by atoms with Crippen molar-refractivity contribution in [1.82, 2.24) is 9.78 Å². The summed E-state index contributed by atoms with van der Waals surface area (Å²) in [6.45, 7) is 0. The summed E-state index contributed by atoms with van der Waals surface area (Å²) >= 11 is 11.4. The second-order valence-electron chi connectivity index (χ2n) is 4.50. The van der Waals surface area contributed by atoms with E-state index in [1.54, 1.807) is 6.07 Å². The first-order valence-corrected chi connectivity index (χ1v) is 8.46. The van der Waals surface area contributed by atoms with Gasteiger partial charge in [0.25, 0.3) is 0 Å². The number of methoxy groups -OCH3 is 1. The third-order valence-electron chi connectivity index (χ3n) is 2.82. The van der Waals surface area contributed by atoms with Crippen LogP contribution in [0.3, 0.4) is 0 Å². The Kier molecular flexibility index (Phi) is 3.70.